The number of benzene rings is 1. The van der Waals surface area contributed by atoms with Gasteiger partial charge in [-0.25, -0.2) is 9.18 Å². The number of carboxylic acids is 1. The second kappa shape index (κ2) is 4.85. The van der Waals surface area contributed by atoms with Gasteiger partial charge in [0, 0.05) is 6.07 Å². The minimum Gasteiger partial charge on any atom is -0.477 e. The Kier molecular flexibility index (Phi) is 3.44. The number of carbonyl (C=O) groups is 1. The lowest BCUT2D eigenvalue weighted by atomic mass is 10.3. The fourth-order valence-corrected chi connectivity index (χ4v) is 2.19. The molecule has 0 aliphatic carbocycles. The van der Waals surface area contributed by atoms with Crippen molar-refractivity contribution in [3.63, 3.8) is 0 Å². The maximum absolute atomic E-state index is 13.0. The summed E-state index contributed by atoms with van der Waals surface area (Å²) in [5.41, 5.74) is 0. The zero-order valence-electron chi connectivity index (χ0n) is 8.31. The number of hydrogen-bond donors (Lipinski definition) is 1. The molecule has 3 nitrogen and oxygen atoms in total. The molecule has 0 atom stereocenters. The molecule has 0 saturated carbocycles. The van der Waals surface area contributed by atoms with E-state index >= 15 is 0 Å². The van der Waals surface area contributed by atoms with Gasteiger partial charge in [0.2, 0.25) is 0 Å². The van der Waals surface area contributed by atoms with Gasteiger partial charge in [-0.1, -0.05) is 11.3 Å². The van der Waals surface area contributed by atoms with Crippen molar-refractivity contribution in [3.8, 4) is 10.8 Å². The summed E-state index contributed by atoms with van der Waals surface area (Å²) >= 11 is 4.21. The highest BCUT2D eigenvalue weighted by Crippen LogP contribution is 2.34. The molecule has 88 valence electrons. The van der Waals surface area contributed by atoms with E-state index in [4.69, 9.17) is 9.84 Å². The first kappa shape index (κ1) is 12.1. The Morgan fingerprint density at radius 2 is 2.12 bits per heavy atom. The van der Waals surface area contributed by atoms with Gasteiger partial charge in [0.05, 0.1) is 4.47 Å². The van der Waals surface area contributed by atoms with E-state index in [1.54, 1.807) is 0 Å². The molecule has 1 aromatic heterocycles. The number of ether oxygens (including phenoxy) is 1. The van der Waals surface area contributed by atoms with Crippen molar-refractivity contribution in [2.24, 2.45) is 0 Å². The molecule has 0 aliphatic rings. The normalized spacial score (nSPS) is 10.2. The summed E-state index contributed by atoms with van der Waals surface area (Å²) in [6.45, 7) is 0. The van der Waals surface area contributed by atoms with Crippen molar-refractivity contribution < 1.29 is 19.0 Å². The molecule has 0 saturated heterocycles. The molecule has 0 fully saturated rings. The molecule has 2 aromatic rings. The van der Waals surface area contributed by atoms with Crippen molar-refractivity contribution in [1.82, 2.24) is 0 Å². The predicted molar refractivity (Wildman–Crippen MR) is 65.5 cm³/mol. The summed E-state index contributed by atoms with van der Waals surface area (Å²) < 4.78 is 19.0. The molecule has 1 aromatic carbocycles. The molecule has 0 aliphatic heterocycles. The fraction of sp³-hybridized carbons (Fsp3) is 0. The molecule has 6 heteroatoms. The molecular weight excluding hydrogens is 311 g/mol. The molecule has 17 heavy (non-hydrogen) atoms. The van der Waals surface area contributed by atoms with E-state index in [2.05, 4.69) is 15.9 Å². The van der Waals surface area contributed by atoms with Gasteiger partial charge < -0.3 is 9.84 Å². The monoisotopic (exact) mass is 316 g/mol. The van der Waals surface area contributed by atoms with Gasteiger partial charge in [0.15, 0.2) is 5.06 Å². The van der Waals surface area contributed by atoms with Gasteiger partial charge in [0.1, 0.15) is 16.4 Å². The van der Waals surface area contributed by atoms with Crippen LogP contribution in [0.15, 0.2) is 34.8 Å². The number of halogens is 2. The van der Waals surface area contributed by atoms with E-state index in [1.165, 1.54) is 30.3 Å². The zero-order valence-corrected chi connectivity index (χ0v) is 10.7. The SMILES string of the molecule is O=C(O)c1ccc(Oc2cc(F)ccc2Br)s1. The van der Waals surface area contributed by atoms with Crippen LogP contribution < -0.4 is 4.74 Å². The third kappa shape index (κ3) is 2.83. The Hall–Kier alpha value is -1.40. The molecule has 1 heterocycles. The average molecular weight is 317 g/mol. The minimum absolute atomic E-state index is 0.174. The first-order valence-corrected chi connectivity index (χ1v) is 6.13. The van der Waals surface area contributed by atoms with Crippen LogP contribution in [0.3, 0.4) is 0 Å². The largest absolute Gasteiger partial charge is 0.477 e. The van der Waals surface area contributed by atoms with E-state index in [9.17, 15) is 9.18 Å². The maximum Gasteiger partial charge on any atom is 0.345 e. The van der Waals surface area contributed by atoms with Crippen molar-refractivity contribution in [2.75, 3.05) is 0 Å². The standard InChI is InChI=1S/C11H6BrFO3S/c12-7-2-1-6(13)5-8(7)16-10-4-3-9(17-10)11(14)15/h1-5H,(H,14,15). The summed E-state index contributed by atoms with van der Waals surface area (Å²) in [4.78, 5) is 10.8. The molecule has 0 spiro atoms. The fourth-order valence-electron chi connectivity index (χ4n) is 1.15. The lowest BCUT2D eigenvalue weighted by Crippen LogP contribution is -1.89. The van der Waals surface area contributed by atoms with Crippen molar-refractivity contribution in [2.45, 2.75) is 0 Å². The number of carboxylic acid groups (broad SMARTS) is 1. The van der Waals surface area contributed by atoms with Crippen LogP contribution >= 0.6 is 27.3 Å². The molecule has 0 amide bonds. The van der Waals surface area contributed by atoms with Gasteiger partial charge in [-0.2, -0.15) is 0 Å². The molecule has 0 bridgehead atoms. The average Bonchev–Trinajstić information content (AvgIpc) is 2.72. The van der Waals surface area contributed by atoms with Crippen LogP contribution in [0.1, 0.15) is 9.67 Å². The number of aromatic carboxylic acids is 1. The van der Waals surface area contributed by atoms with Crippen LogP contribution in [0.25, 0.3) is 0 Å². The smallest absolute Gasteiger partial charge is 0.345 e. The quantitative estimate of drug-likeness (QED) is 0.925. The third-order valence-electron chi connectivity index (χ3n) is 1.90. The van der Waals surface area contributed by atoms with Gasteiger partial charge in [-0.15, -0.1) is 0 Å². The molecule has 0 unspecified atom stereocenters. The van der Waals surface area contributed by atoms with Crippen molar-refractivity contribution >= 4 is 33.2 Å². The van der Waals surface area contributed by atoms with Crippen LogP contribution in [-0.2, 0) is 0 Å². The molecule has 1 N–H and O–H groups in total. The second-order valence-corrected chi connectivity index (χ2v) is 5.00. The van der Waals surface area contributed by atoms with Gasteiger partial charge in [0.25, 0.3) is 0 Å². The van der Waals surface area contributed by atoms with Crippen LogP contribution in [0.2, 0.25) is 0 Å². The summed E-state index contributed by atoms with van der Waals surface area (Å²) in [7, 11) is 0. The first-order chi connectivity index (χ1) is 8.06. The minimum atomic E-state index is -1.01. The van der Waals surface area contributed by atoms with Gasteiger partial charge in [-0.05, 0) is 40.2 Å². The number of hydrogen-bond acceptors (Lipinski definition) is 3. The number of thiophene rings is 1. The molecule has 2 rings (SSSR count). The Labute approximate surface area is 109 Å². The topological polar surface area (TPSA) is 46.5 Å². The van der Waals surface area contributed by atoms with E-state index in [0.29, 0.717) is 15.3 Å². The van der Waals surface area contributed by atoms with Crippen molar-refractivity contribution in [3.05, 3.63) is 45.5 Å². The second-order valence-electron chi connectivity index (χ2n) is 3.10. The first-order valence-electron chi connectivity index (χ1n) is 4.52. The van der Waals surface area contributed by atoms with Crippen LogP contribution in [0.4, 0.5) is 4.39 Å². The zero-order chi connectivity index (χ0) is 12.4. The van der Waals surface area contributed by atoms with E-state index in [1.807, 2.05) is 0 Å². The molecule has 0 radical (unpaired) electrons. The van der Waals surface area contributed by atoms with Crippen molar-refractivity contribution in [1.29, 1.82) is 0 Å². The Bertz CT molecular complexity index is 568. The van der Waals surface area contributed by atoms with E-state index in [-0.39, 0.29) is 4.88 Å². The van der Waals surface area contributed by atoms with Crippen LogP contribution in [-0.4, -0.2) is 11.1 Å². The van der Waals surface area contributed by atoms with Gasteiger partial charge >= 0.3 is 5.97 Å². The molecular formula is C11H6BrFO3S. The Morgan fingerprint density at radius 1 is 1.35 bits per heavy atom. The predicted octanol–water partition coefficient (Wildman–Crippen LogP) is 4.14. The Morgan fingerprint density at radius 3 is 2.76 bits per heavy atom. The lowest BCUT2D eigenvalue weighted by molar-refractivity contribution is 0.0702. The maximum atomic E-state index is 13.0. The third-order valence-corrected chi connectivity index (χ3v) is 3.50. The van der Waals surface area contributed by atoms with E-state index < -0.39 is 11.8 Å². The highest BCUT2D eigenvalue weighted by atomic mass is 79.9. The Balaban J connectivity index is 2.25. The van der Waals surface area contributed by atoms with Crippen LogP contribution in [0.5, 0.6) is 10.8 Å². The highest BCUT2D eigenvalue weighted by Gasteiger charge is 2.10. The van der Waals surface area contributed by atoms with E-state index in [0.717, 1.165) is 11.3 Å². The summed E-state index contributed by atoms with van der Waals surface area (Å²) in [6.07, 6.45) is 0. The summed E-state index contributed by atoms with van der Waals surface area (Å²) in [6, 6.07) is 7.02. The lowest BCUT2D eigenvalue weighted by Gasteiger charge is -2.04. The summed E-state index contributed by atoms with van der Waals surface area (Å²) in [5.74, 6) is -1.12. The highest BCUT2D eigenvalue weighted by molar-refractivity contribution is 9.10. The van der Waals surface area contributed by atoms with Gasteiger partial charge in [-0.3, -0.25) is 0 Å². The number of rotatable bonds is 3. The summed E-state index contributed by atoms with van der Waals surface area (Å²) in [5, 5.41) is 9.15. The van der Waals surface area contributed by atoms with Crippen LogP contribution in [0, 0.1) is 5.82 Å².